The van der Waals surface area contributed by atoms with Gasteiger partial charge in [0, 0.05) is 19.6 Å². The van der Waals surface area contributed by atoms with Crippen molar-refractivity contribution in [3.8, 4) is 0 Å². The number of carbonyl (C=O) groups is 2. The maximum atomic E-state index is 13.4. The molecule has 3 rings (SSSR count). The SMILES string of the molecule is CCN(C)C(C(=O)N1CCCC(CNC(=O)C2CCCN2)C1)c1ccccc1. The van der Waals surface area contributed by atoms with Gasteiger partial charge in [-0.25, -0.2) is 0 Å². The molecule has 0 saturated carbocycles. The summed E-state index contributed by atoms with van der Waals surface area (Å²) in [5.74, 6) is 0.601. The van der Waals surface area contributed by atoms with E-state index in [1.807, 2.05) is 42.3 Å². The highest BCUT2D eigenvalue weighted by atomic mass is 16.2. The standard InChI is InChI=1S/C22H34N4O2/c1-3-25(2)20(18-10-5-4-6-11-18)22(28)26-14-8-9-17(16-26)15-24-21(27)19-12-7-13-23-19/h4-6,10-11,17,19-20,23H,3,7-9,12-16H2,1-2H3,(H,24,27). The van der Waals surface area contributed by atoms with E-state index in [4.69, 9.17) is 0 Å². The summed E-state index contributed by atoms with van der Waals surface area (Å²) in [5.41, 5.74) is 1.04. The van der Waals surface area contributed by atoms with Crippen molar-refractivity contribution < 1.29 is 9.59 Å². The van der Waals surface area contributed by atoms with Crippen LogP contribution < -0.4 is 10.6 Å². The zero-order valence-electron chi connectivity index (χ0n) is 17.2. The molecule has 2 amide bonds. The van der Waals surface area contributed by atoms with Gasteiger partial charge in [0.05, 0.1) is 6.04 Å². The van der Waals surface area contributed by atoms with E-state index >= 15 is 0 Å². The maximum Gasteiger partial charge on any atom is 0.244 e. The van der Waals surface area contributed by atoms with Crippen molar-refractivity contribution in [2.24, 2.45) is 5.92 Å². The molecule has 6 heteroatoms. The average Bonchev–Trinajstić information content (AvgIpc) is 3.28. The molecule has 28 heavy (non-hydrogen) atoms. The van der Waals surface area contributed by atoms with E-state index < -0.39 is 0 Å². The molecular formula is C22H34N4O2. The molecule has 154 valence electrons. The van der Waals surface area contributed by atoms with E-state index in [9.17, 15) is 9.59 Å². The smallest absolute Gasteiger partial charge is 0.244 e. The molecular weight excluding hydrogens is 352 g/mol. The van der Waals surface area contributed by atoms with Crippen LogP contribution in [-0.2, 0) is 9.59 Å². The fourth-order valence-electron chi connectivity index (χ4n) is 4.28. The molecule has 0 radical (unpaired) electrons. The number of nitrogens with one attached hydrogen (secondary N) is 2. The van der Waals surface area contributed by atoms with Crippen LogP contribution in [0.15, 0.2) is 30.3 Å². The first-order valence-electron chi connectivity index (χ1n) is 10.6. The summed E-state index contributed by atoms with van der Waals surface area (Å²) >= 11 is 0. The number of benzene rings is 1. The van der Waals surface area contributed by atoms with Crippen molar-refractivity contribution in [2.45, 2.75) is 44.7 Å². The largest absolute Gasteiger partial charge is 0.354 e. The Balaban J connectivity index is 1.60. The number of nitrogens with zero attached hydrogens (tertiary/aromatic N) is 2. The number of likely N-dealkylation sites (N-methyl/N-ethyl adjacent to an activating group) is 1. The number of hydrogen-bond acceptors (Lipinski definition) is 4. The zero-order chi connectivity index (χ0) is 19.9. The molecule has 2 N–H and O–H groups in total. The highest BCUT2D eigenvalue weighted by molar-refractivity contribution is 5.83. The lowest BCUT2D eigenvalue weighted by Crippen LogP contribution is -2.49. The third-order valence-corrected chi connectivity index (χ3v) is 6.06. The first kappa shape index (κ1) is 20.8. The van der Waals surface area contributed by atoms with Gasteiger partial charge >= 0.3 is 0 Å². The summed E-state index contributed by atoms with van der Waals surface area (Å²) in [6.45, 7) is 5.99. The number of piperidine rings is 1. The van der Waals surface area contributed by atoms with Crippen LogP contribution >= 0.6 is 0 Å². The Hall–Kier alpha value is -1.92. The number of hydrogen-bond donors (Lipinski definition) is 2. The van der Waals surface area contributed by atoms with E-state index in [1.54, 1.807) is 0 Å². The van der Waals surface area contributed by atoms with Crippen LogP contribution in [0.5, 0.6) is 0 Å². The van der Waals surface area contributed by atoms with Crippen LogP contribution in [0.4, 0.5) is 0 Å². The second-order valence-electron chi connectivity index (χ2n) is 8.07. The van der Waals surface area contributed by atoms with Gasteiger partial charge in [-0.3, -0.25) is 14.5 Å². The lowest BCUT2D eigenvalue weighted by molar-refractivity contribution is -0.138. The normalized spacial score (nSPS) is 23.6. The molecule has 2 heterocycles. The van der Waals surface area contributed by atoms with Crippen molar-refractivity contribution in [1.29, 1.82) is 0 Å². The van der Waals surface area contributed by atoms with Gasteiger partial charge in [-0.2, -0.15) is 0 Å². The Morgan fingerprint density at radius 3 is 2.71 bits per heavy atom. The molecule has 0 aliphatic carbocycles. The Kier molecular flexibility index (Phi) is 7.45. The Morgan fingerprint density at radius 2 is 2.04 bits per heavy atom. The summed E-state index contributed by atoms with van der Waals surface area (Å²) in [6, 6.07) is 9.74. The molecule has 2 aliphatic heterocycles. The molecule has 0 spiro atoms. The minimum absolute atomic E-state index is 0.0398. The van der Waals surface area contributed by atoms with Gasteiger partial charge < -0.3 is 15.5 Å². The van der Waals surface area contributed by atoms with Gasteiger partial charge in [0.1, 0.15) is 6.04 Å². The first-order chi connectivity index (χ1) is 13.6. The summed E-state index contributed by atoms with van der Waals surface area (Å²) in [6.07, 6.45) is 4.03. The number of carbonyl (C=O) groups excluding carboxylic acids is 2. The van der Waals surface area contributed by atoms with Crippen molar-refractivity contribution >= 4 is 11.8 Å². The van der Waals surface area contributed by atoms with Gasteiger partial charge in [0.2, 0.25) is 11.8 Å². The van der Waals surface area contributed by atoms with Gasteiger partial charge in [0.15, 0.2) is 0 Å². The molecule has 0 bridgehead atoms. The number of amides is 2. The second kappa shape index (κ2) is 10.0. The lowest BCUT2D eigenvalue weighted by Gasteiger charge is -2.37. The van der Waals surface area contributed by atoms with Gasteiger partial charge in [0.25, 0.3) is 0 Å². The van der Waals surface area contributed by atoms with Crippen LogP contribution in [-0.4, -0.2) is 67.4 Å². The van der Waals surface area contributed by atoms with Crippen LogP contribution in [0.2, 0.25) is 0 Å². The predicted molar refractivity (Wildman–Crippen MR) is 111 cm³/mol. The monoisotopic (exact) mass is 386 g/mol. The van der Waals surface area contributed by atoms with E-state index in [0.717, 1.165) is 57.4 Å². The highest BCUT2D eigenvalue weighted by Crippen LogP contribution is 2.25. The Labute approximate surface area is 168 Å². The first-order valence-corrected chi connectivity index (χ1v) is 10.6. The van der Waals surface area contributed by atoms with Crippen LogP contribution in [0.1, 0.15) is 44.2 Å². The van der Waals surface area contributed by atoms with E-state index in [1.165, 1.54) is 0 Å². The van der Waals surface area contributed by atoms with Gasteiger partial charge in [-0.1, -0.05) is 37.3 Å². The molecule has 3 unspecified atom stereocenters. The number of rotatable bonds is 7. The van der Waals surface area contributed by atoms with Gasteiger partial charge in [-0.05, 0) is 57.3 Å². The molecule has 2 fully saturated rings. The molecule has 1 aromatic rings. The summed E-state index contributed by atoms with van der Waals surface area (Å²) in [5, 5.41) is 6.34. The summed E-state index contributed by atoms with van der Waals surface area (Å²) in [4.78, 5) is 29.7. The topological polar surface area (TPSA) is 64.7 Å². The summed E-state index contributed by atoms with van der Waals surface area (Å²) < 4.78 is 0. The van der Waals surface area contributed by atoms with Crippen molar-refractivity contribution in [3.63, 3.8) is 0 Å². The average molecular weight is 387 g/mol. The molecule has 3 atom stereocenters. The van der Waals surface area contributed by atoms with Crippen LogP contribution in [0.25, 0.3) is 0 Å². The maximum absolute atomic E-state index is 13.4. The fraction of sp³-hybridized carbons (Fsp3) is 0.636. The fourth-order valence-corrected chi connectivity index (χ4v) is 4.28. The van der Waals surface area contributed by atoms with Crippen molar-refractivity contribution in [2.75, 3.05) is 39.8 Å². The van der Waals surface area contributed by atoms with E-state index in [2.05, 4.69) is 22.5 Å². The zero-order valence-corrected chi connectivity index (χ0v) is 17.2. The molecule has 6 nitrogen and oxygen atoms in total. The third-order valence-electron chi connectivity index (χ3n) is 6.06. The van der Waals surface area contributed by atoms with E-state index in [0.29, 0.717) is 12.5 Å². The van der Waals surface area contributed by atoms with Crippen molar-refractivity contribution in [3.05, 3.63) is 35.9 Å². The minimum Gasteiger partial charge on any atom is -0.354 e. The molecule has 0 aromatic heterocycles. The Morgan fingerprint density at radius 1 is 1.25 bits per heavy atom. The molecule has 1 aromatic carbocycles. The molecule has 2 saturated heterocycles. The third kappa shape index (κ3) is 5.11. The Bertz CT molecular complexity index is 645. The van der Waals surface area contributed by atoms with Gasteiger partial charge in [-0.15, -0.1) is 0 Å². The second-order valence-corrected chi connectivity index (χ2v) is 8.07. The van der Waals surface area contributed by atoms with E-state index in [-0.39, 0.29) is 23.9 Å². The number of likely N-dealkylation sites (tertiary alicyclic amines) is 1. The van der Waals surface area contributed by atoms with Crippen LogP contribution in [0, 0.1) is 5.92 Å². The molecule has 2 aliphatic rings. The van der Waals surface area contributed by atoms with Crippen LogP contribution in [0.3, 0.4) is 0 Å². The van der Waals surface area contributed by atoms with Crippen molar-refractivity contribution in [1.82, 2.24) is 20.4 Å². The summed E-state index contributed by atoms with van der Waals surface area (Å²) in [7, 11) is 2.01. The lowest BCUT2D eigenvalue weighted by atomic mass is 9.96. The minimum atomic E-state index is -0.248. The highest BCUT2D eigenvalue weighted by Gasteiger charge is 2.32. The predicted octanol–water partition coefficient (Wildman–Crippen LogP) is 1.79. The quantitative estimate of drug-likeness (QED) is 0.750.